The number of thiazole rings is 1. The minimum atomic E-state index is -5.02. The molecule has 1 unspecified atom stereocenters. The maximum absolute atomic E-state index is 13.3. The van der Waals surface area contributed by atoms with Gasteiger partial charge >= 0.3 is 16.4 Å². The molecular formula is C25H32N8O10S2. The number of hydroxylamine groups is 2. The van der Waals surface area contributed by atoms with E-state index in [0.29, 0.717) is 27.1 Å². The Morgan fingerprint density at radius 2 is 2.00 bits per heavy atom. The third-order valence-electron chi connectivity index (χ3n) is 6.83. The first kappa shape index (κ1) is 33.5. The van der Waals surface area contributed by atoms with E-state index < -0.39 is 58.2 Å². The van der Waals surface area contributed by atoms with Crippen LogP contribution in [0.15, 0.2) is 34.4 Å². The molecule has 2 saturated heterocycles. The molecule has 2 amide bonds. The molecule has 2 fully saturated rings. The average molecular weight is 669 g/mol. The van der Waals surface area contributed by atoms with Gasteiger partial charge in [-0.3, -0.25) is 19.1 Å². The van der Waals surface area contributed by atoms with Crippen molar-refractivity contribution in [1.82, 2.24) is 20.7 Å². The number of β-lactam (4-membered cyclic amide) rings is 1. The number of hydrogen-bond acceptors (Lipinski definition) is 14. The summed E-state index contributed by atoms with van der Waals surface area (Å²) in [6.45, 7) is 5.42. The van der Waals surface area contributed by atoms with Crippen molar-refractivity contribution >= 4 is 56.2 Å². The van der Waals surface area contributed by atoms with Crippen molar-refractivity contribution in [2.45, 2.75) is 50.9 Å². The number of carboxylic acid groups (broad SMARTS) is 1. The number of benzene rings is 1. The van der Waals surface area contributed by atoms with E-state index in [1.165, 1.54) is 13.8 Å². The number of oxime groups is 1. The highest BCUT2D eigenvalue weighted by Gasteiger charge is 2.58. The van der Waals surface area contributed by atoms with Gasteiger partial charge in [-0.05, 0) is 58.0 Å². The number of aliphatic imine (C=N–C) groups is 1. The van der Waals surface area contributed by atoms with E-state index in [1.807, 2.05) is 0 Å². The number of carbonyl (C=O) groups excluding carboxylic acids is 2. The number of carbonyl (C=O) groups is 3. The van der Waals surface area contributed by atoms with E-state index in [1.54, 1.807) is 31.2 Å². The maximum atomic E-state index is 13.3. The van der Waals surface area contributed by atoms with Crippen molar-refractivity contribution < 1.29 is 46.3 Å². The van der Waals surface area contributed by atoms with E-state index in [0.717, 1.165) is 30.8 Å². The summed E-state index contributed by atoms with van der Waals surface area (Å²) in [5.74, 6) is -2.80. The van der Waals surface area contributed by atoms with E-state index in [4.69, 9.17) is 25.6 Å². The van der Waals surface area contributed by atoms with Gasteiger partial charge in [0.05, 0.1) is 11.6 Å². The first-order chi connectivity index (χ1) is 21.1. The lowest BCUT2D eigenvalue weighted by atomic mass is 9.84. The van der Waals surface area contributed by atoms with Crippen LogP contribution in [0.25, 0.3) is 0 Å². The molecule has 0 radical (unpaired) electrons. The van der Waals surface area contributed by atoms with Crippen LogP contribution in [0, 0.1) is 6.92 Å². The Balaban J connectivity index is 1.47. The highest BCUT2D eigenvalue weighted by atomic mass is 32.3. The van der Waals surface area contributed by atoms with Gasteiger partial charge in [0.15, 0.2) is 10.8 Å². The second kappa shape index (κ2) is 13.3. The molecule has 20 heteroatoms. The molecule has 2 aromatic rings. The Morgan fingerprint density at radius 1 is 1.31 bits per heavy atom. The number of hydrogen-bond donors (Lipinski definition) is 6. The molecule has 1 aromatic carbocycles. The number of amides is 2. The number of ether oxygens (including phenoxy) is 1. The van der Waals surface area contributed by atoms with Gasteiger partial charge in [-0.2, -0.15) is 13.5 Å². The number of nitrogens with two attached hydrogens (primary N) is 2. The molecular weight excluding hydrogens is 636 g/mol. The standard InChI is InChI=1S/C25H32N8O10S2/c1-12-17(30-24(27)44-12)18(21(34)31-19-22(35)33(25(19,2)3)43-45(38,39)40)32-42-16(23(36)37)11-41-15-6-4-13(5-7-15)20(26)29-14-8-9-28-10-14/h4-7,14,16,19,28H,8-11H2,1-3H3,(H2,26,29)(H2,27,30)(H,31,34)(H,36,37)(H,38,39,40)/b32-18-/t14-,16?,19+/m0/s1. The van der Waals surface area contributed by atoms with Crippen molar-refractivity contribution in [1.29, 1.82) is 0 Å². The van der Waals surface area contributed by atoms with Crippen molar-refractivity contribution in [2.75, 3.05) is 25.4 Å². The van der Waals surface area contributed by atoms with Crippen molar-refractivity contribution in [2.24, 2.45) is 15.9 Å². The second-order valence-electron chi connectivity index (χ2n) is 10.5. The van der Waals surface area contributed by atoms with Crippen LogP contribution in [0.3, 0.4) is 0 Å². The summed E-state index contributed by atoms with van der Waals surface area (Å²) in [7, 11) is -5.02. The molecule has 0 saturated carbocycles. The number of aliphatic carboxylic acids is 1. The Bertz CT molecular complexity index is 1620. The molecule has 8 N–H and O–H groups in total. The van der Waals surface area contributed by atoms with Gasteiger partial charge in [0, 0.05) is 17.0 Å². The van der Waals surface area contributed by atoms with Gasteiger partial charge in [-0.25, -0.2) is 9.78 Å². The summed E-state index contributed by atoms with van der Waals surface area (Å²) in [5.41, 5.74) is 10.6. The van der Waals surface area contributed by atoms with Crippen LogP contribution in [0.2, 0.25) is 0 Å². The Hall–Kier alpha value is -4.37. The summed E-state index contributed by atoms with van der Waals surface area (Å²) in [4.78, 5) is 52.0. The van der Waals surface area contributed by atoms with Crippen molar-refractivity contribution in [3.8, 4) is 5.75 Å². The molecule has 0 spiro atoms. The van der Waals surface area contributed by atoms with Crippen LogP contribution in [-0.4, -0.2) is 101 Å². The molecule has 3 atom stereocenters. The molecule has 18 nitrogen and oxygen atoms in total. The lowest BCUT2D eigenvalue weighted by molar-refractivity contribution is -0.218. The summed E-state index contributed by atoms with van der Waals surface area (Å²) >= 11 is 1.02. The zero-order valence-corrected chi connectivity index (χ0v) is 25.9. The summed E-state index contributed by atoms with van der Waals surface area (Å²) in [5, 5.41) is 19.5. The Labute approximate surface area is 261 Å². The predicted molar refractivity (Wildman–Crippen MR) is 160 cm³/mol. The van der Waals surface area contributed by atoms with Crippen LogP contribution < -0.4 is 26.8 Å². The Kier molecular flexibility index (Phi) is 9.92. The first-order valence-corrected chi connectivity index (χ1v) is 15.5. The molecule has 3 heterocycles. The summed E-state index contributed by atoms with van der Waals surface area (Å²) < 4.78 is 41.0. The maximum Gasteiger partial charge on any atom is 0.418 e. The topological polar surface area (TPSA) is 270 Å². The minimum absolute atomic E-state index is 0.0427. The van der Waals surface area contributed by atoms with Gasteiger partial charge in [0.1, 0.15) is 29.9 Å². The average Bonchev–Trinajstić information content (AvgIpc) is 3.60. The zero-order valence-electron chi connectivity index (χ0n) is 24.3. The number of nitrogens with zero attached hydrogens (tertiary/aromatic N) is 4. The van der Waals surface area contributed by atoms with E-state index in [9.17, 15) is 27.9 Å². The number of nitrogens with one attached hydrogen (secondary N) is 2. The summed E-state index contributed by atoms with van der Waals surface area (Å²) in [6, 6.07) is 5.28. The van der Waals surface area contributed by atoms with E-state index in [-0.39, 0.29) is 16.9 Å². The number of anilines is 1. The molecule has 2 aliphatic rings. The number of aryl methyl sites for hydroxylation is 1. The molecule has 45 heavy (non-hydrogen) atoms. The SMILES string of the molecule is Cc1sc(N)nc1/C(=N/OC(COc1ccc(C(N)=N[C@H]2CCNC2)cc1)C(=O)O)C(=O)N[C@@H]1C(=O)N(OS(=O)(=O)O)C1(C)C. The molecule has 244 valence electrons. The number of carboxylic acids is 1. The van der Waals surface area contributed by atoms with Crippen LogP contribution in [0.1, 0.15) is 36.4 Å². The molecule has 2 aliphatic heterocycles. The molecule has 1 aromatic heterocycles. The lowest BCUT2D eigenvalue weighted by Gasteiger charge is -2.50. The van der Waals surface area contributed by atoms with Crippen LogP contribution >= 0.6 is 11.3 Å². The van der Waals surface area contributed by atoms with Crippen LogP contribution in [0.5, 0.6) is 5.75 Å². The quantitative estimate of drug-likeness (QED) is 0.0501. The fourth-order valence-electron chi connectivity index (χ4n) is 4.43. The normalized spacial score (nSPS) is 20.8. The Morgan fingerprint density at radius 3 is 2.53 bits per heavy atom. The van der Waals surface area contributed by atoms with Gasteiger partial charge in [0.25, 0.3) is 17.9 Å². The molecule has 0 aliphatic carbocycles. The lowest BCUT2D eigenvalue weighted by Crippen LogP contribution is -2.76. The summed E-state index contributed by atoms with van der Waals surface area (Å²) in [6.07, 6.45) is -0.799. The van der Waals surface area contributed by atoms with Crippen LogP contribution in [-0.2, 0) is 33.9 Å². The van der Waals surface area contributed by atoms with Gasteiger partial charge < -0.3 is 36.8 Å². The highest BCUT2D eigenvalue weighted by molar-refractivity contribution is 7.80. The number of nitrogen functional groups attached to an aromatic ring is 1. The molecule has 4 rings (SSSR count). The van der Waals surface area contributed by atoms with E-state index >= 15 is 0 Å². The number of aromatic nitrogens is 1. The number of amidine groups is 1. The highest BCUT2D eigenvalue weighted by Crippen LogP contribution is 2.33. The van der Waals surface area contributed by atoms with Gasteiger partial charge in [-0.15, -0.1) is 15.6 Å². The largest absolute Gasteiger partial charge is 0.489 e. The van der Waals surface area contributed by atoms with Crippen molar-refractivity contribution in [3.63, 3.8) is 0 Å². The monoisotopic (exact) mass is 668 g/mol. The second-order valence-corrected chi connectivity index (χ2v) is 12.8. The smallest absolute Gasteiger partial charge is 0.418 e. The molecule has 0 bridgehead atoms. The van der Waals surface area contributed by atoms with Gasteiger partial charge in [0.2, 0.25) is 0 Å². The zero-order chi connectivity index (χ0) is 33.1. The van der Waals surface area contributed by atoms with E-state index in [2.05, 4.69) is 30.0 Å². The fraction of sp³-hybridized carbons (Fsp3) is 0.440. The minimum Gasteiger partial charge on any atom is -0.489 e. The fourth-order valence-corrected chi connectivity index (χ4v) is 5.57. The first-order valence-electron chi connectivity index (χ1n) is 13.4. The number of rotatable bonds is 13. The third kappa shape index (κ3) is 8.02. The van der Waals surface area contributed by atoms with Gasteiger partial charge in [-0.1, -0.05) is 5.16 Å². The third-order valence-corrected chi connectivity index (χ3v) is 7.97. The van der Waals surface area contributed by atoms with Crippen molar-refractivity contribution in [3.05, 3.63) is 40.4 Å². The van der Waals surface area contributed by atoms with Crippen LogP contribution in [0.4, 0.5) is 5.13 Å². The predicted octanol–water partition coefficient (Wildman–Crippen LogP) is -0.806.